The summed E-state index contributed by atoms with van der Waals surface area (Å²) in [6, 6.07) is 35.7. The van der Waals surface area contributed by atoms with Crippen molar-refractivity contribution in [3.8, 4) is 0 Å². The number of esters is 1. The highest BCUT2D eigenvalue weighted by atomic mass is 31.2. The van der Waals surface area contributed by atoms with Crippen LogP contribution in [-0.4, -0.2) is 86.1 Å². The zero-order chi connectivity index (χ0) is 41.1. The second-order valence-electron chi connectivity index (χ2n) is 16.3. The van der Waals surface area contributed by atoms with Gasteiger partial charge in [0.05, 0.1) is 18.1 Å². The van der Waals surface area contributed by atoms with Gasteiger partial charge in [-0.25, -0.2) is 9.59 Å². The van der Waals surface area contributed by atoms with E-state index in [4.69, 9.17) is 9.16 Å². The molecule has 3 amide bonds. The zero-order valence-electron chi connectivity index (χ0n) is 34.1. The summed E-state index contributed by atoms with van der Waals surface area (Å²) in [6.07, 6.45) is 0.900. The molecule has 2 heterocycles. The lowest BCUT2D eigenvalue weighted by molar-refractivity contribution is -0.156. The number of benzene rings is 4. The molecule has 0 N–H and O–H groups in total. The molecule has 57 heavy (non-hydrogen) atoms. The first-order chi connectivity index (χ1) is 27.1. The second-order valence-corrected chi connectivity index (χ2v) is 24.4. The quantitative estimate of drug-likeness (QED) is 0.0334. The van der Waals surface area contributed by atoms with Crippen molar-refractivity contribution in [3.05, 3.63) is 133 Å². The van der Waals surface area contributed by atoms with Crippen LogP contribution >= 0.6 is 6.89 Å². The number of anilines is 1. The van der Waals surface area contributed by atoms with Gasteiger partial charge < -0.3 is 19.0 Å². The predicted molar refractivity (Wildman–Crippen MR) is 234 cm³/mol. The van der Waals surface area contributed by atoms with Crippen LogP contribution in [0.3, 0.4) is 0 Å². The molecule has 0 radical (unpaired) electrons. The molecule has 9 nitrogen and oxygen atoms in total. The van der Waals surface area contributed by atoms with E-state index in [0.29, 0.717) is 24.3 Å². The molecule has 4 aromatic rings. The maximum absolute atomic E-state index is 15.2. The molecule has 0 aromatic heterocycles. The minimum Gasteiger partial charge on any atom is -0.457 e. The predicted octanol–water partition coefficient (Wildman–Crippen LogP) is 7.22. The molecule has 11 heteroatoms. The number of ketones is 1. The highest BCUT2D eigenvalue weighted by Gasteiger charge is 2.57. The molecule has 298 valence electrons. The summed E-state index contributed by atoms with van der Waals surface area (Å²) < 4.78 is 12.8. The van der Waals surface area contributed by atoms with E-state index in [-0.39, 0.29) is 41.2 Å². The molecule has 0 aliphatic carbocycles. The fourth-order valence-corrected chi connectivity index (χ4v) is 13.5. The van der Waals surface area contributed by atoms with Gasteiger partial charge in [-0.2, -0.15) is 0 Å². The fraction of sp³-hybridized carbons (Fsp3) is 0.326. The van der Waals surface area contributed by atoms with Gasteiger partial charge in [-0.05, 0) is 65.2 Å². The van der Waals surface area contributed by atoms with Crippen molar-refractivity contribution in [1.29, 1.82) is 0 Å². The monoisotopic (exact) mass is 803 g/mol. The van der Waals surface area contributed by atoms with Crippen LogP contribution in [0.1, 0.15) is 44.5 Å². The van der Waals surface area contributed by atoms with E-state index in [9.17, 15) is 14.4 Å². The highest BCUT2D eigenvalue weighted by molar-refractivity contribution is 7.96. The number of likely N-dealkylation sites (N-methyl/N-ethyl adjacent to an activating group) is 1. The lowest BCUT2D eigenvalue weighted by Gasteiger charge is -2.53. The van der Waals surface area contributed by atoms with Gasteiger partial charge in [0.1, 0.15) is 12.0 Å². The van der Waals surface area contributed by atoms with E-state index < -0.39 is 39.2 Å². The first-order valence-electron chi connectivity index (χ1n) is 19.5. The Bertz CT molecular complexity index is 2070. The van der Waals surface area contributed by atoms with Crippen molar-refractivity contribution in [3.63, 3.8) is 0 Å². The van der Waals surface area contributed by atoms with Crippen LogP contribution in [0.5, 0.6) is 0 Å². The summed E-state index contributed by atoms with van der Waals surface area (Å²) in [5.74, 6) is -1.85. The van der Waals surface area contributed by atoms with E-state index in [1.54, 1.807) is 46.0 Å². The summed E-state index contributed by atoms with van der Waals surface area (Å²) in [4.78, 5) is 62.3. The smallest absolute Gasteiger partial charge is 0.356 e. The number of Topliss-reactive ketones (excluding diaryl/α,β-unsaturated/α-hetero) is 1. The van der Waals surface area contributed by atoms with E-state index >= 15 is 4.79 Å². The Balaban J connectivity index is 1.57. The molecular formula is C46H54N3O6PSi. The summed E-state index contributed by atoms with van der Waals surface area (Å²) in [6.45, 7) is 14.4. The lowest BCUT2D eigenvalue weighted by atomic mass is 9.79. The number of amides is 3. The van der Waals surface area contributed by atoms with Crippen LogP contribution in [0.15, 0.2) is 128 Å². The van der Waals surface area contributed by atoms with Gasteiger partial charge in [0.2, 0.25) is 5.91 Å². The Morgan fingerprint density at radius 2 is 1.35 bits per heavy atom. The van der Waals surface area contributed by atoms with Crippen LogP contribution in [0.4, 0.5) is 10.5 Å². The number of likely N-dealkylation sites (tertiary alicyclic amines) is 1. The Kier molecular flexibility index (Phi) is 12.3. The van der Waals surface area contributed by atoms with Gasteiger partial charge in [0.15, 0.2) is 14.1 Å². The Hall–Kier alpha value is -5.02. The Morgan fingerprint density at radius 1 is 0.842 bits per heavy atom. The van der Waals surface area contributed by atoms with Gasteiger partial charge in [-0.1, -0.05) is 124 Å². The van der Waals surface area contributed by atoms with Crippen molar-refractivity contribution in [1.82, 2.24) is 9.80 Å². The third-order valence-electron chi connectivity index (χ3n) is 11.7. The van der Waals surface area contributed by atoms with Crippen LogP contribution in [0, 0.1) is 5.92 Å². The maximum Gasteiger partial charge on any atom is 0.356 e. The van der Waals surface area contributed by atoms with Crippen LogP contribution in [-0.2, 0) is 18.8 Å². The van der Waals surface area contributed by atoms with Crippen LogP contribution in [0.25, 0.3) is 0 Å². The number of hydrogen-bond donors (Lipinski definition) is 0. The summed E-state index contributed by atoms with van der Waals surface area (Å²) >= 11 is 0. The maximum atomic E-state index is 15.2. The SMILES string of the molecule is C=CCOC(=O)C(N1C(=O)[C@H]([C@H](C)O[Si](C)(C)C(C)(C)C)[C@H]1CC(=O)c1ccc(N2CCN(C)C2=O)cc1)=P(c1ccccc1)(c1ccccc1)c1ccccc1. The van der Waals surface area contributed by atoms with E-state index in [0.717, 1.165) is 15.9 Å². The number of nitrogens with zero attached hydrogens (tertiary/aromatic N) is 3. The molecule has 0 saturated carbocycles. The van der Waals surface area contributed by atoms with Gasteiger partial charge >= 0.3 is 12.0 Å². The molecule has 0 unspecified atom stereocenters. The molecule has 2 fully saturated rings. The van der Waals surface area contributed by atoms with E-state index in [1.807, 2.05) is 97.9 Å². The first kappa shape index (κ1) is 41.6. The number of rotatable bonds is 14. The van der Waals surface area contributed by atoms with Gasteiger partial charge in [-0.3, -0.25) is 14.5 Å². The van der Waals surface area contributed by atoms with Gasteiger partial charge in [0.25, 0.3) is 0 Å². The normalized spacial score (nSPS) is 17.9. The van der Waals surface area contributed by atoms with Crippen molar-refractivity contribution in [2.24, 2.45) is 5.92 Å². The molecule has 0 spiro atoms. The standard InChI is InChI=1S/C46H54N3O6PSi/c1-9-31-54-44(52)43(56(36-19-13-10-14-20-36,37-21-15-11-16-22-37)38-23-17-12-18-24-38)49-39(41(42(49)51)33(2)55-57(7,8)46(3,4)5)32-40(50)34-25-27-35(28-26-34)48-30-29-47(6)45(48)53/h9-28,33,39,41H,1,29-32H2,2-8H3/t33-,39+,41+/m0/s1. The number of hydrogen-bond acceptors (Lipinski definition) is 6. The fourth-order valence-electron chi connectivity index (χ4n) is 7.66. The average Bonchev–Trinajstić information content (AvgIpc) is 3.54. The van der Waals surface area contributed by atoms with Crippen molar-refractivity contribution >= 4 is 65.9 Å². The summed E-state index contributed by atoms with van der Waals surface area (Å²) in [5.41, 5.74) is 1.36. The molecule has 0 bridgehead atoms. The topological polar surface area (TPSA) is 96.5 Å². The second kappa shape index (κ2) is 16.8. The summed E-state index contributed by atoms with van der Waals surface area (Å²) in [7, 11) is -0.618. The average molecular weight is 804 g/mol. The van der Waals surface area contributed by atoms with Crippen molar-refractivity contribution in [2.75, 3.05) is 31.6 Å². The van der Waals surface area contributed by atoms with E-state index in [2.05, 4.69) is 40.4 Å². The van der Waals surface area contributed by atoms with Crippen molar-refractivity contribution < 1.29 is 28.3 Å². The van der Waals surface area contributed by atoms with Crippen LogP contribution < -0.4 is 20.8 Å². The number of ether oxygens (including phenoxy) is 1. The number of β-lactam (4-membered cyclic amide) rings is 1. The molecule has 2 aliphatic heterocycles. The molecule has 6 rings (SSSR count). The largest absolute Gasteiger partial charge is 0.457 e. The third kappa shape index (κ3) is 7.96. The van der Waals surface area contributed by atoms with Gasteiger partial charge in [0, 0.05) is 44.7 Å². The molecule has 2 aliphatic rings. The van der Waals surface area contributed by atoms with Gasteiger partial charge in [-0.15, -0.1) is 0 Å². The minimum atomic E-state index is -3.20. The number of carbonyl (C=O) groups is 4. The summed E-state index contributed by atoms with van der Waals surface area (Å²) in [5, 5.41) is 2.44. The molecular weight excluding hydrogens is 750 g/mol. The number of urea groups is 1. The molecule has 2 saturated heterocycles. The van der Waals surface area contributed by atoms with Crippen molar-refractivity contribution in [2.45, 2.75) is 64.4 Å². The van der Waals surface area contributed by atoms with Crippen LogP contribution in [0.2, 0.25) is 18.1 Å². The molecule has 3 atom stereocenters. The Morgan fingerprint density at radius 3 is 1.79 bits per heavy atom. The number of carbonyl (C=O) groups excluding carboxylic acids is 4. The zero-order valence-corrected chi connectivity index (χ0v) is 35.9. The lowest BCUT2D eigenvalue weighted by Crippen LogP contribution is -2.69. The molecule has 4 aromatic carbocycles. The van der Waals surface area contributed by atoms with E-state index in [1.165, 1.54) is 6.08 Å². The highest BCUT2D eigenvalue weighted by Crippen LogP contribution is 2.51. The Labute approximate surface area is 338 Å². The third-order valence-corrected chi connectivity index (χ3v) is 20.5. The first-order valence-corrected chi connectivity index (χ1v) is 24.2. The minimum absolute atomic E-state index is 0.0665.